The van der Waals surface area contributed by atoms with E-state index in [1.165, 1.54) is 6.42 Å². The summed E-state index contributed by atoms with van der Waals surface area (Å²) in [4.78, 5) is 13.7. The summed E-state index contributed by atoms with van der Waals surface area (Å²) >= 11 is 17.9. The van der Waals surface area contributed by atoms with Crippen LogP contribution in [0.4, 0.5) is 0 Å². The van der Waals surface area contributed by atoms with E-state index in [4.69, 9.17) is 34.8 Å². The Labute approximate surface area is 118 Å². The summed E-state index contributed by atoms with van der Waals surface area (Å²) in [5, 5.41) is 2.82. The Bertz CT molecular complexity index is 250. The molecule has 6 heteroatoms. The van der Waals surface area contributed by atoms with Crippen molar-refractivity contribution in [2.24, 2.45) is 0 Å². The van der Waals surface area contributed by atoms with Crippen molar-refractivity contribution in [1.82, 2.24) is 10.2 Å². The van der Waals surface area contributed by atoms with Crippen LogP contribution in [0.5, 0.6) is 0 Å². The van der Waals surface area contributed by atoms with Gasteiger partial charge in [0.1, 0.15) is 6.17 Å². The lowest BCUT2D eigenvalue weighted by atomic mass is 10.1. The van der Waals surface area contributed by atoms with E-state index in [1.807, 2.05) is 11.8 Å². The molecule has 1 fully saturated rings. The molecule has 1 rings (SSSR count). The molecule has 0 saturated carbocycles. The van der Waals surface area contributed by atoms with Crippen LogP contribution in [0.3, 0.4) is 0 Å². The van der Waals surface area contributed by atoms with Crippen LogP contribution < -0.4 is 5.32 Å². The highest BCUT2D eigenvalue weighted by atomic mass is 35.6. The van der Waals surface area contributed by atoms with Crippen LogP contribution in [-0.2, 0) is 4.79 Å². The number of piperidine rings is 1. The second-order valence-electron chi connectivity index (χ2n) is 4.36. The molecule has 1 aliphatic rings. The minimum atomic E-state index is -1.49. The smallest absolute Gasteiger partial charge is 0.223 e. The molecule has 17 heavy (non-hydrogen) atoms. The van der Waals surface area contributed by atoms with Gasteiger partial charge in [0, 0.05) is 19.5 Å². The molecule has 1 N–H and O–H groups in total. The number of amides is 1. The first-order chi connectivity index (χ1) is 7.95. The summed E-state index contributed by atoms with van der Waals surface area (Å²) in [7, 11) is 0. The first-order valence-electron chi connectivity index (χ1n) is 6.05. The quantitative estimate of drug-likeness (QED) is 0.809. The van der Waals surface area contributed by atoms with Crippen LogP contribution >= 0.6 is 34.8 Å². The highest BCUT2D eigenvalue weighted by Gasteiger charge is 2.38. The second-order valence-corrected chi connectivity index (χ2v) is 6.73. The molecule has 0 bridgehead atoms. The van der Waals surface area contributed by atoms with E-state index in [1.54, 1.807) is 0 Å². The summed E-state index contributed by atoms with van der Waals surface area (Å²) in [5.74, 6) is -0.0607. The average molecular weight is 302 g/mol. The molecule has 0 aromatic carbocycles. The van der Waals surface area contributed by atoms with Gasteiger partial charge in [-0.1, -0.05) is 48.1 Å². The minimum Gasteiger partial charge on any atom is -0.337 e. The van der Waals surface area contributed by atoms with Gasteiger partial charge in [0.05, 0.1) is 0 Å². The SMILES string of the molecule is CCCC(=O)N[C@@H](N1CCCCC1)C(Cl)(Cl)Cl. The fourth-order valence-electron chi connectivity index (χ4n) is 2.01. The Hall–Kier alpha value is 0.300. The Balaban J connectivity index is 2.63. The van der Waals surface area contributed by atoms with Gasteiger partial charge in [-0.3, -0.25) is 9.69 Å². The second kappa shape index (κ2) is 7.03. The molecule has 100 valence electrons. The molecular formula is C11H19Cl3N2O. The van der Waals surface area contributed by atoms with Gasteiger partial charge in [-0.25, -0.2) is 0 Å². The number of alkyl halides is 3. The number of carbonyl (C=O) groups is 1. The number of carbonyl (C=O) groups excluding carboxylic acids is 1. The molecule has 0 unspecified atom stereocenters. The van der Waals surface area contributed by atoms with Crippen molar-refractivity contribution in [2.45, 2.75) is 49.0 Å². The molecule has 1 amide bonds. The number of halogens is 3. The maximum Gasteiger partial charge on any atom is 0.223 e. The zero-order chi connectivity index (χ0) is 12.9. The van der Waals surface area contributed by atoms with Gasteiger partial charge in [0.25, 0.3) is 0 Å². The monoisotopic (exact) mass is 300 g/mol. The van der Waals surface area contributed by atoms with Crippen LogP contribution in [0.25, 0.3) is 0 Å². The maximum absolute atomic E-state index is 11.6. The van der Waals surface area contributed by atoms with E-state index < -0.39 is 9.96 Å². The van der Waals surface area contributed by atoms with Crippen molar-refractivity contribution >= 4 is 40.7 Å². The van der Waals surface area contributed by atoms with Crippen molar-refractivity contribution in [2.75, 3.05) is 13.1 Å². The van der Waals surface area contributed by atoms with Gasteiger partial charge in [0.2, 0.25) is 9.70 Å². The molecule has 1 aliphatic heterocycles. The van der Waals surface area contributed by atoms with Gasteiger partial charge in [-0.05, 0) is 19.3 Å². The number of nitrogens with one attached hydrogen (secondary N) is 1. The molecular weight excluding hydrogens is 282 g/mol. The van der Waals surface area contributed by atoms with Crippen LogP contribution in [0.15, 0.2) is 0 Å². The predicted octanol–water partition coefficient (Wildman–Crippen LogP) is 3.08. The van der Waals surface area contributed by atoms with E-state index in [2.05, 4.69) is 5.32 Å². The summed E-state index contributed by atoms with van der Waals surface area (Å²) in [6.45, 7) is 3.68. The molecule has 0 radical (unpaired) electrons. The molecule has 0 spiro atoms. The Morgan fingerprint density at radius 3 is 2.35 bits per heavy atom. The Morgan fingerprint density at radius 1 is 1.29 bits per heavy atom. The first-order valence-corrected chi connectivity index (χ1v) is 7.18. The minimum absolute atomic E-state index is 0.0607. The summed E-state index contributed by atoms with van der Waals surface area (Å²) in [6.07, 6.45) is 4.10. The Morgan fingerprint density at radius 2 is 1.88 bits per heavy atom. The van der Waals surface area contributed by atoms with Crippen molar-refractivity contribution in [3.63, 3.8) is 0 Å². The van der Waals surface area contributed by atoms with E-state index in [0.717, 1.165) is 32.4 Å². The Kier molecular flexibility index (Phi) is 6.35. The van der Waals surface area contributed by atoms with Gasteiger partial charge >= 0.3 is 0 Å². The molecule has 1 atom stereocenters. The summed E-state index contributed by atoms with van der Waals surface area (Å²) in [6, 6.07) is 0. The van der Waals surface area contributed by atoms with E-state index in [0.29, 0.717) is 6.42 Å². The molecule has 0 aliphatic carbocycles. The highest BCUT2D eigenvalue weighted by molar-refractivity contribution is 6.68. The first kappa shape index (κ1) is 15.4. The van der Waals surface area contributed by atoms with Crippen molar-refractivity contribution in [3.05, 3.63) is 0 Å². The number of likely N-dealkylation sites (tertiary alicyclic amines) is 1. The van der Waals surface area contributed by atoms with Gasteiger partial charge < -0.3 is 5.32 Å². The van der Waals surface area contributed by atoms with Gasteiger partial charge in [-0.2, -0.15) is 0 Å². The van der Waals surface area contributed by atoms with Crippen molar-refractivity contribution in [1.29, 1.82) is 0 Å². The standard InChI is InChI=1S/C11H19Cl3N2O/c1-2-6-9(17)15-10(11(12,13)14)16-7-4-3-5-8-16/h10H,2-8H2,1H3,(H,15,17)/t10-/m0/s1. The summed E-state index contributed by atoms with van der Waals surface area (Å²) < 4.78 is -1.49. The molecule has 0 aromatic rings. The van der Waals surface area contributed by atoms with Crippen molar-refractivity contribution in [3.8, 4) is 0 Å². The van der Waals surface area contributed by atoms with Gasteiger partial charge in [0.15, 0.2) is 0 Å². The van der Waals surface area contributed by atoms with E-state index >= 15 is 0 Å². The number of nitrogens with zero attached hydrogens (tertiary/aromatic N) is 1. The number of hydrogen-bond donors (Lipinski definition) is 1. The lowest BCUT2D eigenvalue weighted by Crippen LogP contribution is -2.56. The highest BCUT2D eigenvalue weighted by Crippen LogP contribution is 2.33. The van der Waals surface area contributed by atoms with E-state index in [-0.39, 0.29) is 5.91 Å². The number of rotatable bonds is 4. The molecule has 1 saturated heterocycles. The van der Waals surface area contributed by atoms with Crippen LogP contribution in [0.1, 0.15) is 39.0 Å². The van der Waals surface area contributed by atoms with Crippen LogP contribution in [-0.4, -0.2) is 33.9 Å². The molecule has 0 aromatic heterocycles. The van der Waals surface area contributed by atoms with Crippen molar-refractivity contribution < 1.29 is 4.79 Å². The van der Waals surface area contributed by atoms with Crippen LogP contribution in [0.2, 0.25) is 0 Å². The topological polar surface area (TPSA) is 32.3 Å². The van der Waals surface area contributed by atoms with E-state index in [9.17, 15) is 4.79 Å². The summed E-state index contributed by atoms with van der Waals surface area (Å²) in [5.41, 5.74) is 0. The third-order valence-corrected chi connectivity index (χ3v) is 3.46. The van der Waals surface area contributed by atoms with Crippen LogP contribution in [0, 0.1) is 0 Å². The maximum atomic E-state index is 11.6. The molecule has 3 nitrogen and oxygen atoms in total. The normalized spacial score (nSPS) is 20.0. The zero-order valence-corrected chi connectivity index (χ0v) is 12.3. The zero-order valence-electron chi connectivity index (χ0n) is 10.0. The largest absolute Gasteiger partial charge is 0.337 e. The fraction of sp³-hybridized carbons (Fsp3) is 0.909. The molecule has 1 heterocycles. The number of hydrogen-bond acceptors (Lipinski definition) is 2. The fourth-order valence-corrected chi connectivity index (χ4v) is 2.59. The lowest BCUT2D eigenvalue weighted by Gasteiger charge is -2.38. The predicted molar refractivity (Wildman–Crippen MR) is 72.6 cm³/mol. The third kappa shape index (κ3) is 5.21. The lowest BCUT2D eigenvalue weighted by molar-refractivity contribution is -0.123. The third-order valence-electron chi connectivity index (χ3n) is 2.84. The average Bonchev–Trinajstić information content (AvgIpc) is 2.26. The van der Waals surface area contributed by atoms with Gasteiger partial charge in [-0.15, -0.1) is 0 Å².